The lowest BCUT2D eigenvalue weighted by Crippen LogP contribution is -2.47. The van der Waals surface area contributed by atoms with Crippen molar-refractivity contribution in [1.82, 2.24) is 5.32 Å². The second-order valence-corrected chi connectivity index (χ2v) is 4.52. The van der Waals surface area contributed by atoms with Crippen molar-refractivity contribution in [2.24, 2.45) is 0 Å². The van der Waals surface area contributed by atoms with Crippen LogP contribution < -0.4 is 5.32 Å². The van der Waals surface area contributed by atoms with Crippen LogP contribution in [-0.2, 0) is 14.3 Å². The van der Waals surface area contributed by atoms with E-state index in [-0.39, 0.29) is 6.10 Å². The van der Waals surface area contributed by atoms with E-state index in [0.29, 0.717) is 32.7 Å². The molecule has 0 radical (unpaired) electrons. The zero-order valence-electron chi connectivity index (χ0n) is 11.3. The molecule has 0 saturated carbocycles. The second-order valence-electron chi connectivity index (χ2n) is 4.52. The first-order valence-electron chi connectivity index (χ1n) is 6.04. The topological polar surface area (TPSA) is 67.8 Å². The van der Waals surface area contributed by atoms with Gasteiger partial charge in [0.1, 0.15) is 5.54 Å². The molecule has 0 amide bonds. The van der Waals surface area contributed by atoms with Gasteiger partial charge in [-0.1, -0.05) is 0 Å². The van der Waals surface area contributed by atoms with E-state index in [1.165, 1.54) is 0 Å². The zero-order valence-corrected chi connectivity index (χ0v) is 11.3. The Morgan fingerprint density at radius 3 is 2.47 bits per heavy atom. The Morgan fingerprint density at radius 2 is 2.00 bits per heavy atom. The fraction of sp³-hybridized carbons (Fsp3) is 0.917. The van der Waals surface area contributed by atoms with Crippen molar-refractivity contribution in [3.8, 4) is 0 Å². The molecule has 102 valence electrons. The fourth-order valence-electron chi connectivity index (χ4n) is 1.31. The van der Waals surface area contributed by atoms with Crippen LogP contribution in [0.25, 0.3) is 0 Å². The maximum atomic E-state index is 11.0. The number of carbonyl (C=O) groups is 1. The van der Waals surface area contributed by atoms with Gasteiger partial charge in [-0.2, -0.15) is 0 Å². The number of rotatable bonds is 10. The Kier molecular flexibility index (Phi) is 8.12. The summed E-state index contributed by atoms with van der Waals surface area (Å²) < 4.78 is 10.7. The molecule has 1 unspecified atom stereocenters. The van der Waals surface area contributed by atoms with Gasteiger partial charge in [0.2, 0.25) is 0 Å². The van der Waals surface area contributed by atoms with E-state index < -0.39 is 11.5 Å². The van der Waals surface area contributed by atoms with Crippen LogP contribution in [0.3, 0.4) is 0 Å². The molecule has 5 nitrogen and oxygen atoms in total. The second kappa shape index (κ2) is 8.44. The molecule has 0 aromatic rings. The molecule has 1 atom stereocenters. The van der Waals surface area contributed by atoms with Crippen LogP contribution in [0.1, 0.15) is 33.6 Å². The van der Waals surface area contributed by atoms with Gasteiger partial charge in [-0.15, -0.1) is 0 Å². The van der Waals surface area contributed by atoms with Crippen molar-refractivity contribution in [2.45, 2.75) is 45.3 Å². The largest absolute Gasteiger partial charge is 0.480 e. The molecule has 17 heavy (non-hydrogen) atoms. The van der Waals surface area contributed by atoms with Gasteiger partial charge < -0.3 is 19.9 Å². The van der Waals surface area contributed by atoms with E-state index >= 15 is 0 Å². The highest BCUT2D eigenvalue weighted by Crippen LogP contribution is 2.11. The lowest BCUT2D eigenvalue weighted by Gasteiger charge is -2.23. The summed E-state index contributed by atoms with van der Waals surface area (Å²) in [6.07, 6.45) is 1.48. The number of aliphatic carboxylic acids is 1. The SMILES string of the molecule is CNC(C)(CCCOCCOC(C)C)C(=O)O. The Labute approximate surface area is 103 Å². The third kappa shape index (κ3) is 7.31. The molecule has 0 aliphatic heterocycles. The summed E-state index contributed by atoms with van der Waals surface area (Å²) in [5.41, 5.74) is -0.863. The van der Waals surface area contributed by atoms with E-state index in [2.05, 4.69) is 5.32 Å². The highest BCUT2D eigenvalue weighted by atomic mass is 16.5. The van der Waals surface area contributed by atoms with Gasteiger partial charge in [0, 0.05) is 6.61 Å². The average molecular weight is 247 g/mol. The molecule has 0 rings (SSSR count). The number of ether oxygens (including phenoxy) is 2. The molecule has 0 aliphatic carbocycles. The third-order valence-electron chi connectivity index (χ3n) is 2.67. The molecular formula is C12H25NO4. The average Bonchev–Trinajstić information content (AvgIpc) is 2.26. The zero-order chi connectivity index (χ0) is 13.3. The van der Waals surface area contributed by atoms with Gasteiger partial charge in [-0.25, -0.2) is 0 Å². The lowest BCUT2D eigenvalue weighted by atomic mass is 9.96. The molecule has 0 aromatic carbocycles. The molecule has 2 N–H and O–H groups in total. The van der Waals surface area contributed by atoms with Gasteiger partial charge in [-0.3, -0.25) is 4.79 Å². The van der Waals surface area contributed by atoms with E-state index in [9.17, 15) is 4.79 Å². The van der Waals surface area contributed by atoms with Crippen molar-refractivity contribution in [2.75, 3.05) is 26.9 Å². The summed E-state index contributed by atoms with van der Waals surface area (Å²) in [6.45, 7) is 7.33. The van der Waals surface area contributed by atoms with E-state index in [1.807, 2.05) is 13.8 Å². The predicted octanol–water partition coefficient (Wildman–Crippen LogP) is 1.27. The number of hydrogen-bond donors (Lipinski definition) is 2. The first kappa shape index (κ1) is 16.4. The quantitative estimate of drug-likeness (QED) is 0.569. The lowest BCUT2D eigenvalue weighted by molar-refractivity contribution is -0.144. The first-order valence-corrected chi connectivity index (χ1v) is 6.04. The van der Waals surface area contributed by atoms with Gasteiger partial charge in [0.15, 0.2) is 0 Å². The minimum Gasteiger partial charge on any atom is -0.480 e. The van der Waals surface area contributed by atoms with Crippen molar-refractivity contribution >= 4 is 5.97 Å². The van der Waals surface area contributed by atoms with Crippen LogP contribution in [0.4, 0.5) is 0 Å². The molecule has 0 spiro atoms. The minimum atomic E-state index is -0.863. The van der Waals surface area contributed by atoms with E-state index in [1.54, 1.807) is 14.0 Å². The van der Waals surface area contributed by atoms with Gasteiger partial charge >= 0.3 is 5.97 Å². The predicted molar refractivity (Wildman–Crippen MR) is 66.2 cm³/mol. The van der Waals surface area contributed by atoms with Crippen LogP contribution in [0.5, 0.6) is 0 Å². The van der Waals surface area contributed by atoms with E-state index in [4.69, 9.17) is 14.6 Å². The molecule has 0 saturated heterocycles. The molecular weight excluding hydrogens is 222 g/mol. The summed E-state index contributed by atoms with van der Waals surface area (Å²) in [6, 6.07) is 0. The smallest absolute Gasteiger partial charge is 0.323 e. The molecule has 0 fully saturated rings. The summed E-state index contributed by atoms with van der Waals surface area (Å²) in [5, 5.41) is 11.8. The molecule has 0 bridgehead atoms. The Bertz CT molecular complexity index is 221. The van der Waals surface area contributed by atoms with Crippen LogP contribution in [0.2, 0.25) is 0 Å². The van der Waals surface area contributed by atoms with Crippen molar-refractivity contribution in [3.05, 3.63) is 0 Å². The minimum absolute atomic E-state index is 0.221. The number of likely N-dealkylation sites (N-methyl/N-ethyl adjacent to an activating group) is 1. The molecule has 0 heterocycles. The van der Waals surface area contributed by atoms with Crippen LogP contribution in [0, 0.1) is 0 Å². The third-order valence-corrected chi connectivity index (χ3v) is 2.67. The Balaban J connectivity index is 3.53. The summed E-state index contributed by atoms with van der Waals surface area (Å²) in [4.78, 5) is 11.0. The Morgan fingerprint density at radius 1 is 1.35 bits per heavy atom. The molecule has 0 aliphatic rings. The summed E-state index contributed by atoms with van der Waals surface area (Å²) in [5.74, 6) is -0.830. The molecule has 0 aromatic heterocycles. The van der Waals surface area contributed by atoms with Crippen LogP contribution in [-0.4, -0.2) is 49.6 Å². The van der Waals surface area contributed by atoms with Gasteiger partial charge in [0.05, 0.1) is 19.3 Å². The van der Waals surface area contributed by atoms with Crippen LogP contribution >= 0.6 is 0 Å². The fourth-order valence-corrected chi connectivity index (χ4v) is 1.31. The van der Waals surface area contributed by atoms with Crippen molar-refractivity contribution < 1.29 is 19.4 Å². The van der Waals surface area contributed by atoms with Gasteiger partial charge in [-0.05, 0) is 40.7 Å². The van der Waals surface area contributed by atoms with Gasteiger partial charge in [0.25, 0.3) is 0 Å². The van der Waals surface area contributed by atoms with Crippen molar-refractivity contribution in [1.29, 1.82) is 0 Å². The summed E-state index contributed by atoms with van der Waals surface area (Å²) >= 11 is 0. The maximum Gasteiger partial charge on any atom is 0.323 e. The molecule has 5 heteroatoms. The standard InChI is InChI=1S/C12H25NO4/c1-10(2)17-9-8-16-7-5-6-12(3,13-4)11(14)15/h10,13H,5-9H2,1-4H3,(H,14,15). The summed E-state index contributed by atoms with van der Waals surface area (Å²) in [7, 11) is 1.66. The highest BCUT2D eigenvalue weighted by Gasteiger charge is 2.30. The van der Waals surface area contributed by atoms with Crippen molar-refractivity contribution in [3.63, 3.8) is 0 Å². The monoisotopic (exact) mass is 247 g/mol. The van der Waals surface area contributed by atoms with Crippen LogP contribution in [0.15, 0.2) is 0 Å². The normalized spacial score (nSPS) is 14.9. The number of nitrogens with one attached hydrogen (secondary N) is 1. The number of carboxylic acids is 1. The highest BCUT2D eigenvalue weighted by molar-refractivity contribution is 5.78. The van der Waals surface area contributed by atoms with E-state index in [0.717, 1.165) is 0 Å². The number of carboxylic acid groups (broad SMARTS) is 1. The maximum absolute atomic E-state index is 11.0. The Hall–Kier alpha value is -0.650. The first-order chi connectivity index (χ1) is 7.92. The number of hydrogen-bond acceptors (Lipinski definition) is 4.